The second-order valence-corrected chi connectivity index (χ2v) is 16.7. The minimum Gasteiger partial charge on any atom is -0.310 e. The Hall–Kier alpha value is -8.20. The summed E-state index contributed by atoms with van der Waals surface area (Å²) in [5.41, 5.74) is 24.0. The Morgan fingerprint density at radius 2 is 1.22 bits per heavy atom. The van der Waals surface area contributed by atoms with Gasteiger partial charge >= 0.3 is 0 Å². The van der Waals surface area contributed by atoms with Crippen molar-refractivity contribution < 1.29 is 0 Å². The zero-order valence-electron chi connectivity index (χ0n) is 34.8. The molecule has 0 bridgehead atoms. The van der Waals surface area contributed by atoms with Crippen LogP contribution in [-0.4, -0.2) is 19.8 Å². The number of fused-ring (bicyclic) bond motifs is 7. The maximum absolute atomic E-state index is 4.60. The number of anilines is 6. The Morgan fingerprint density at radius 3 is 2.03 bits per heavy atom. The minimum atomic E-state index is -0.328. The fourth-order valence-corrected chi connectivity index (χ4v) is 9.69. The summed E-state index contributed by atoms with van der Waals surface area (Å²) in [4.78, 5) is 4.77. The summed E-state index contributed by atoms with van der Waals surface area (Å²) < 4.78 is 1.83. The molecule has 4 heterocycles. The van der Waals surface area contributed by atoms with Crippen LogP contribution < -0.4 is 20.8 Å². The van der Waals surface area contributed by atoms with Crippen molar-refractivity contribution >= 4 is 56.1 Å². The number of hydrogen-bond donors (Lipinski definition) is 2. The van der Waals surface area contributed by atoms with Crippen molar-refractivity contribution in [3.63, 3.8) is 0 Å². The highest BCUT2D eigenvalue weighted by Gasteiger charge is 2.39. The van der Waals surface area contributed by atoms with Gasteiger partial charge in [0.2, 0.25) is 0 Å². The van der Waals surface area contributed by atoms with Gasteiger partial charge in [-0.05, 0) is 119 Å². The topological polar surface area (TPSA) is 64.0 Å². The second-order valence-electron chi connectivity index (χ2n) is 16.7. The van der Waals surface area contributed by atoms with Gasteiger partial charge in [-0.1, -0.05) is 122 Å². The Bertz CT molecular complexity index is 3340. The molecule has 0 fully saturated rings. The van der Waals surface area contributed by atoms with Gasteiger partial charge in [0.25, 0.3) is 0 Å². The monoisotopic (exact) mass is 814 g/mol. The third-order valence-corrected chi connectivity index (χ3v) is 12.7. The molecule has 8 nitrogen and oxygen atoms in total. The Balaban J connectivity index is 1.00. The highest BCUT2D eigenvalue weighted by molar-refractivity contribution is 6.10. The fourth-order valence-electron chi connectivity index (χ4n) is 9.69. The van der Waals surface area contributed by atoms with E-state index in [9.17, 15) is 0 Å². The molecule has 0 radical (unpaired) electrons. The van der Waals surface area contributed by atoms with E-state index in [1.165, 1.54) is 33.0 Å². The summed E-state index contributed by atoms with van der Waals surface area (Å²) in [7, 11) is 0. The summed E-state index contributed by atoms with van der Waals surface area (Å²) in [5, 5.41) is 13.4. The first-order valence-corrected chi connectivity index (χ1v) is 21.3. The molecule has 0 atom stereocenters. The number of aromatic nitrogens is 3. The van der Waals surface area contributed by atoms with Crippen LogP contribution in [0.25, 0.3) is 44.4 Å². The van der Waals surface area contributed by atoms with Crippen molar-refractivity contribution in [3.05, 3.63) is 229 Å². The van der Waals surface area contributed by atoms with E-state index in [2.05, 4.69) is 221 Å². The van der Waals surface area contributed by atoms with E-state index >= 15 is 0 Å². The number of hydrazine groups is 2. The van der Waals surface area contributed by atoms with E-state index in [1.54, 1.807) is 0 Å². The number of rotatable bonds is 8. The number of para-hydroxylation sites is 2. The van der Waals surface area contributed by atoms with Crippen LogP contribution in [0.1, 0.15) is 30.5 Å². The smallest absolute Gasteiger partial charge is 0.120 e. The first kappa shape index (κ1) is 36.6. The van der Waals surface area contributed by atoms with E-state index in [0.29, 0.717) is 0 Å². The predicted octanol–water partition coefficient (Wildman–Crippen LogP) is 12.9. The highest BCUT2D eigenvalue weighted by Crippen LogP contribution is 2.56. The minimum absolute atomic E-state index is 0.328. The molecule has 0 unspecified atom stereocenters. The van der Waals surface area contributed by atoms with E-state index in [0.717, 1.165) is 67.9 Å². The normalized spacial score (nSPS) is 14.5. The van der Waals surface area contributed by atoms with Crippen LogP contribution in [0.4, 0.5) is 34.1 Å². The summed E-state index contributed by atoms with van der Waals surface area (Å²) in [6, 6.07) is 63.2. The predicted molar refractivity (Wildman–Crippen MR) is 256 cm³/mol. The SMILES string of the molecule is CC1(C)c2cc(N(c3ccccc3)c3cccc(-c4nnn5ccccc45)c3)ccc2-c2c1cc(N(c1ccccc1)c1cccc(C3=C4C=CC=CN4NN3)c1)c1ccccc21. The zero-order chi connectivity index (χ0) is 42.1. The van der Waals surface area contributed by atoms with Crippen molar-refractivity contribution in [2.75, 3.05) is 9.80 Å². The van der Waals surface area contributed by atoms with Crippen molar-refractivity contribution in [1.29, 1.82) is 0 Å². The lowest BCUT2D eigenvalue weighted by Gasteiger charge is -2.30. The number of nitrogens with one attached hydrogen (secondary N) is 2. The zero-order valence-corrected chi connectivity index (χ0v) is 34.8. The molecular weight excluding hydrogens is 773 g/mol. The molecule has 2 aliphatic heterocycles. The lowest BCUT2D eigenvalue weighted by molar-refractivity contribution is 0.351. The second kappa shape index (κ2) is 14.5. The molecular formula is C55H42N8. The molecule has 0 saturated carbocycles. The van der Waals surface area contributed by atoms with Crippen LogP contribution in [0.2, 0.25) is 0 Å². The van der Waals surface area contributed by atoms with Gasteiger partial charge in [0.1, 0.15) is 5.69 Å². The summed E-state index contributed by atoms with van der Waals surface area (Å²) in [5.74, 6) is 0. The largest absolute Gasteiger partial charge is 0.310 e. The van der Waals surface area contributed by atoms with E-state index in [4.69, 9.17) is 0 Å². The average Bonchev–Trinajstić information content (AvgIpc) is 4.03. The van der Waals surface area contributed by atoms with Crippen LogP contribution in [0, 0.1) is 0 Å². The molecule has 8 heteroatoms. The van der Waals surface area contributed by atoms with E-state index in [-0.39, 0.29) is 5.41 Å². The summed E-state index contributed by atoms with van der Waals surface area (Å²) >= 11 is 0. The maximum Gasteiger partial charge on any atom is 0.120 e. The first-order valence-electron chi connectivity index (χ1n) is 21.3. The number of pyridine rings is 1. The molecule has 3 aliphatic rings. The van der Waals surface area contributed by atoms with Gasteiger partial charge in [-0.25, -0.2) is 4.52 Å². The lowest BCUT2D eigenvalue weighted by Crippen LogP contribution is -2.34. The lowest BCUT2D eigenvalue weighted by atomic mass is 9.81. The van der Waals surface area contributed by atoms with Crippen LogP contribution >= 0.6 is 0 Å². The molecule has 12 rings (SSSR count). The number of nitrogens with zero attached hydrogens (tertiary/aromatic N) is 6. The van der Waals surface area contributed by atoms with Crippen molar-refractivity contribution in [2.24, 2.45) is 0 Å². The quantitative estimate of drug-likeness (QED) is 0.158. The Labute approximate surface area is 365 Å². The molecule has 2 aromatic heterocycles. The molecule has 0 saturated heterocycles. The first-order chi connectivity index (χ1) is 31.0. The van der Waals surface area contributed by atoms with Crippen molar-refractivity contribution in [1.82, 2.24) is 30.8 Å². The molecule has 0 amide bonds. The average molecular weight is 815 g/mol. The number of hydrogen-bond acceptors (Lipinski definition) is 7. The molecule has 9 aromatic rings. The Kier molecular flexibility index (Phi) is 8.42. The van der Waals surface area contributed by atoms with Crippen LogP contribution in [-0.2, 0) is 5.41 Å². The maximum atomic E-state index is 4.60. The van der Waals surface area contributed by atoms with Gasteiger partial charge in [0, 0.05) is 62.8 Å². The third kappa shape index (κ3) is 5.95. The van der Waals surface area contributed by atoms with Gasteiger partial charge < -0.3 is 15.2 Å². The van der Waals surface area contributed by atoms with Crippen LogP contribution in [0.5, 0.6) is 0 Å². The highest BCUT2D eigenvalue weighted by atomic mass is 15.7. The number of allylic oxidation sites excluding steroid dienone is 3. The van der Waals surface area contributed by atoms with Crippen LogP contribution in [0.3, 0.4) is 0 Å². The molecule has 7 aromatic carbocycles. The molecule has 0 spiro atoms. The van der Waals surface area contributed by atoms with Gasteiger partial charge in [0.15, 0.2) is 0 Å². The van der Waals surface area contributed by atoms with Gasteiger partial charge in [-0.15, -0.1) is 10.6 Å². The van der Waals surface area contributed by atoms with Gasteiger partial charge in [0.05, 0.1) is 22.6 Å². The van der Waals surface area contributed by atoms with E-state index in [1.807, 2.05) is 40.1 Å². The molecule has 2 N–H and O–H groups in total. The molecule has 1 aliphatic carbocycles. The summed E-state index contributed by atoms with van der Waals surface area (Å²) in [6.45, 7) is 4.75. The van der Waals surface area contributed by atoms with Crippen molar-refractivity contribution in [2.45, 2.75) is 19.3 Å². The Morgan fingerprint density at radius 1 is 0.556 bits per heavy atom. The van der Waals surface area contributed by atoms with Crippen molar-refractivity contribution in [3.8, 4) is 22.4 Å². The van der Waals surface area contributed by atoms with Crippen LogP contribution in [0.15, 0.2) is 212 Å². The molecule has 302 valence electrons. The van der Waals surface area contributed by atoms with E-state index < -0.39 is 0 Å². The standard InChI is InChI=1S/C55H42N8/c1-55(2)47-35-43(62(39-19-5-3-6-20-39)41-23-15-17-37(33-41)53-49-27-11-13-31-60(49)58-56-53)29-30-46(47)52-45-26-10-9-25-44(45)51(36-48(52)55)63(40-21-7-4-8-22-40)42-24-16-18-38(34-42)54-50-28-12-14-32-61(50)59-57-54/h3-36,57,59H,1-2H3. The van der Waals surface area contributed by atoms with Gasteiger partial charge in [-0.2, -0.15) is 0 Å². The van der Waals surface area contributed by atoms with Gasteiger partial charge in [-0.3, -0.25) is 5.01 Å². The number of benzene rings is 7. The summed E-state index contributed by atoms with van der Waals surface area (Å²) in [6.07, 6.45) is 10.2. The third-order valence-electron chi connectivity index (χ3n) is 12.7. The fraction of sp³-hybridized carbons (Fsp3) is 0.0545. The molecule has 63 heavy (non-hydrogen) atoms.